The zero-order valence-electron chi connectivity index (χ0n) is 13.8. The van der Waals surface area contributed by atoms with Gasteiger partial charge in [0.05, 0.1) is 13.2 Å². The summed E-state index contributed by atoms with van der Waals surface area (Å²) in [5, 5.41) is 3.04. The van der Waals surface area contributed by atoms with E-state index >= 15 is 0 Å². The van der Waals surface area contributed by atoms with Gasteiger partial charge in [0.1, 0.15) is 11.5 Å². The molecule has 0 fully saturated rings. The van der Waals surface area contributed by atoms with Crippen LogP contribution in [0.25, 0.3) is 0 Å². The fourth-order valence-corrected chi connectivity index (χ4v) is 2.33. The number of hydrogen-bond acceptors (Lipinski definition) is 3. The number of carbonyl (C=O) groups excluding carboxylic acids is 1. The summed E-state index contributed by atoms with van der Waals surface area (Å²) >= 11 is 0. The molecule has 0 aliphatic carbocycles. The van der Waals surface area contributed by atoms with Gasteiger partial charge < -0.3 is 14.8 Å². The number of benzene rings is 2. The molecule has 0 spiro atoms. The fraction of sp³-hybridized carbons (Fsp3) is 0.316. The molecular formula is C19H23NO3. The second kappa shape index (κ2) is 8.22. The van der Waals surface area contributed by atoms with Gasteiger partial charge in [-0.2, -0.15) is 0 Å². The predicted octanol–water partition coefficient (Wildman–Crippen LogP) is 3.73. The van der Waals surface area contributed by atoms with Crippen LogP contribution >= 0.6 is 0 Å². The monoisotopic (exact) mass is 313 g/mol. The number of ether oxygens (including phenoxy) is 2. The first-order valence-electron chi connectivity index (χ1n) is 7.80. The zero-order chi connectivity index (χ0) is 16.7. The first-order valence-corrected chi connectivity index (χ1v) is 7.80. The van der Waals surface area contributed by atoms with Crippen molar-refractivity contribution in [2.45, 2.75) is 32.4 Å². The topological polar surface area (TPSA) is 47.6 Å². The molecule has 23 heavy (non-hydrogen) atoms. The van der Waals surface area contributed by atoms with Crippen molar-refractivity contribution in [3.8, 4) is 11.5 Å². The molecule has 2 atom stereocenters. The van der Waals surface area contributed by atoms with E-state index in [-0.39, 0.29) is 11.9 Å². The minimum Gasteiger partial charge on any atom is -0.497 e. The molecule has 4 nitrogen and oxygen atoms in total. The van der Waals surface area contributed by atoms with E-state index in [0.717, 1.165) is 12.0 Å². The van der Waals surface area contributed by atoms with Gasteiger partial charge in [0.25, 0.3) is 5.91 Å². The maximum Gasteiger partial charge on any atom is 0.261 e. The third-order valence-corrected chi connectivity index (χ3v) is 3.65. The summed E-state index contributed by atoms with van der Waals surface area (Å²) < 4.78 is 10.9. The van der Waals surface area contributed by atoms with Gasteiger partial charge in [-0.15, -0.1) is 0 Å². The zero-order valence-corrected chi connectivity index (χ0v) is 13.8. The Labute approximate surface area is 137 Å². The summed E-state index contributed by atoms with van der Waals surface area (Å²) in [5.74, 6) is 1.18. The minimum atomic E-state index is -0.583. The van der Waals surface area contributed by atoms with E-state index in [9.17, 15) is 4.79 Å². The van der Waals surface area contributed by atoms with Crippen molar-refractivity contribution in [2.75, 3.05) is 7.11 Å². The largest absolute Gasteiger partial charge is 0.497 e. The van der Waals surface area contributed by atoms with Crippen LogP contribution in [0.4, 0.5) is 0 Å². The highest BCUT2D eigenvalue weighted by molar-refractivity contribution is 5.81. The third kappa shape index (κ3) is 4.74. The Balaban J connectivity index is 1.98. The molecule has 0 unspecified atom stereocenters. The van der Waals surface area contributed by atoms with Gasteiger partial charge in [-0.25, -0.2) is 0 Å². The second-order valence-corrected chi connectivity index (χ2v) is 5.32. The van der Waals surface area contributed by atoms with Crippen LogP contribution in [-0.2, 0) is 4.79 Å². The van der Waals surface area contributed by atoms with E-state index in [4.69, 9.17) is 9.47 Å². The lowest BCUT2D eigenvalue weighted by Gasteiger charge is -2.21. The van der Waals surface area contributed by atoms with Crippen LogP contribution in [0.3, 0.4) is 0 Å². The van der Waals surface area contributed by atoms with Gasteiger partial charge in [0.15, 0.2) is 6.10 Å². The van der Waals surface area contributed by atoms with Gasteiger partial charge in [0, 0.05) is 6.07 Å². The Morgan fingerprint density at radius 1 is 1.09 bits per heavy atom. The standard InChI is InChI=1S/C19H23NO3/c1-4-18(15-9-6-5-7-10-15)20-19(21)14(2)23-17-12-8-11-16(13-17)22-3/h5-14,18H,4H2,1-3H3,(H,20,21)/t14-,18-/m1/s1. The lowest BCUT2D eigenvalue weighted by Crippen LogP contribution is -2.38. The summed E-state index contributed by atoms with van der Waals surface area (Å²) in [7, 11) is 1.60. The molecular weight excluding hydrogens is 290 g/mol. The Morgan fingerprint density at radius 3 is 2.43 bits per heavy atom. The third-order valence-electron chi connectivity index (χ3n) is 3.65. The van der Waals surface area contributed by atoms with E-state index in [2.05, 4.69) is 5.32 Å². The Hall–Kier alpha value is -2.49. The highest BCUT2D eigenvalue weighted by Crippen LogP contribution is 2.21. The molecule has 0 heterocycles. The fourth-order valence-electron chi connectivity index (χ4n) is 2.33. The second-order valence-electron chi connectivity index (χ2n) is 5.32. The Bertz CT molecular complexity index is 628. The van der Waals surface area contributed by atoms with Crippen LogP contribution in [0.5, 0.6) is 11.5 Å². The number of nitrogens with one attached hydrogen (secondary N) is 1. The molecule has 2 rings (SSSR count). The maximum atomic E-state index is 12.4. The molecule has 0 saturated heterocycles. The number of hydrogen-bond donors (Lipinski definition) is 1. The molecule has 0 bridgehead atoms. The summed E-state index contributed by atoms with van der Waals surface area (Å²) in [6.45, 7) is 3.79. The van der Waals surface area contributed by atoms with Crippen LogP contribution in [-0.4, -0.2) is 19.1 Å². The van der Waals surface area contributed by atoms with E-state index in [1.807, 2.05) is 49.4 Å². The Kier molecular flexibility index (Phi) is 6.03. The van der Waals surface area contributed by atoms with Crippen LogP contribution in [0.1, 0.15) is 31.9 Å². The van der Waals surface area contributed by atoms with Crippen LogP contribution in [0, 0.1) is 0 Å². The maximum absolute atomic E-state index is 12.4. The Morgan fingerprint density at radius 2 is 1.78 bits per heavy atom. The van der Waals surface area contributed by atoms with E-state index < -0.39 is 6.10 Å². The quantitative estimate of drug-likeness (QED) is 0.847. The normalized spacial score (nSPS) is 13.0. The summed E-state index contributed by atoms with van der Waals surface area (Å²) in [4.78, 5) is 12.4. The predicted molar refractivity (Wildman–Crippen MR) is 90.7 cm³/mol. The summed E-state index contributed by atoms with van der Waals surface area (Å²) in [6.07, 6.45) is 0.238. The van der Waals surface area contributed by atoms with Crippen LogP contribution in [0.15, 0.2) is 54.6 Å². The van der Waals surface area contributed by atoms with Crippen LogP contribution in [0.2, 0.25) is 0 Å². The summed E-state index contributed by atoms with van der Waals surface area (Å²) in [6, 6.07) is 17.2. The molecule has 1 amide bonds. The number of carbonyl (C=O) groups is 1. The lowest BCUT2D eigenvalue weighted by molar-refractivity contribution is -0.128. The smallest absolute Gasteiger partial charge is 0.261 e. The molecule has 1 N–H and O–H groups in total. The molecule has 0 aliphatic rings. The molecule has 0 saturated carbocycles. The molecule has 2 aromatic rings. The number of rotatable bonds is 7. The molecule has 0 aliphatic heterocycles. The van der Waals surface area contributed by atoms with Crippen molar-refractivity contribution < 1.29 is 14.3 Å². The van der Waals surface area contributed by atoms with Crippen molar-refractivity contribution in [1.29, 1.82) is 0 Å². The molecule has 122 valence electrons. The van der Waals surface area contributed by atoms with Crippen molar-refractivity contribution in [2.24, 2.45) is 0 Å². The minimum absolute atomic E-state index is 0.0138. The van der Waals surface area contributed by atoms with Crippen molar-refractivity contribution in [3.63, 3.8) is 0 Å². The molecule has 0 aromatic heterocycles. The van der Waals surface area contributed by atoms with Gasteiger partial charge in [-0.05, 0) is 31.0 Å². The number of methoxy groups -OCH3 is 1. The highest BCUT2D eigenvalue weighted by atomic mass is 16.5. The average Bonchev–Trinajstić information content (AvgIpc) is 2.60. The van der Waals surface area contributed by atoms with Gasteiger partial charge in [-0.3, -0.25) is 4.79 Å². The summed E-state index contributed by atoms with van der Waals surface area (Å²) in [5.41, 5.74) is 1.09. The van der Waals surface area contributed by atoms with Crippen molar-refractivity contribution >= 4 is 5.91 Å². The first kappa shape index (κ1) is 16.9. The average molecular weight is 313 g/mol. The van der Waals surface area contributed by atoms with Gasteiger partial charge in [-0.1, -0.05) is 43.3 Å². The lowest BCUT2D eigenvalue weighted by atomic mass is 10.0. The van der Waals surface area contributed by atoms with E-state index in [1.54, 1.807) is 26.2 Å². The van der Waals surface area contributed by atoms with E-state index in [1.165, 1.54) is 0 Å². The highest BCUT2D eigenvalue weighted by Gasteiger charge is 2.19. The molecule has 0 radical (unpaired) electrons. The van der Waals surface area contributed by atoms with E-state index in [0.29, 0.717) is 11.5 Å². The SMILES string of the molecule is CC[C@@H](NC(=O)[C@@H](C)Oc1cccc(OC)c1)c1ccccc1. The van der Waals surface area contributed by atoms with Gasteiger partial charge in [0.2, 0.25) is 0 Å². The molecule has 2 aromatic carbocycles. The van der Waals surface area contributed by atoms with Crippen molar-refractivity contribution in [3.05, 3.63) is 60.2 Å². The van der Waals surface area contributed by atoms with Crippen LogP contribution < -0.4 is 14.8 Å². The molecule has 4 heteroatoms. The number of amides is 1. The van der Waals surface area contributed by atoms with Gasteiger partial charge >= 0.3 is 0 Å². The first-order chi connectivity index (χ1) is 11.1. The van der Waals surface area contributed by atoms with Crippen molar-refractivity contribution in [1.82, 2.24) is 5.32 Å².